The summed E-state index contributed by atoms with van der Waals surface area (Å²) in [4.78, 5) is 27.5. The Bertz CT molecular complexity index is 846. The van der Waals surface area contributed by atoms with E-state index in [0.717, 1.165) is 9.78 Å². The molecule has 0 saturated carbocycles. The molecule has 2 aliphatic heterocycles. The first-order valence-electron chi connectivity index (χ1n) is 9.51. The number of aryl methyl sites for hydroxylation is 1. The smallest absolute Gasteiger partial charge is 0.418 e. The summed E-state index contributed by atoms with van der Waals surface area (Å²) in [5, 5.41) is 11.9. The number of nitrogens with one attached hydrogen (secondary N) is 1. The van der Waals surface area contributed by atoms with E-state index < -0.39 is 34.5 Å². The van der Waals surface area contributed by atoms with E-state index in [4.69, 9.17) is 4.55 Å². The third-order valence-corrected chi connectivity index (χ3v) is 6.79. The first-order valence-corrected chi connectivity index (χ1v) is 11.7. The Morgan fingerprint density at radius 3 is 2.31 bits per heavy atom. The summed E-state index contributed by atoms with van der Waals surface area (Å²) in [5.41, 5.74) is 0.502. The third-order valence-electron chi connectivity index (χ3n) is 5.09. The molecule has 3 rings (SSSR count). The standard InChI is InChI=1S/C11H12N2O7S2.C6H15N/c1-2-5-3-6-7-4-12(8(10(14)15)9(6)21-5)11(16)13(7)20-22(17,18)19;1-4-7(5-2)6-3/h3,7-8H,2,4H2,1H3,(H,14,15)(H,17,18,19);4-6H2,1-3H3. The van der Waals surface area contributed by atoms with Crippen LogP contribution in [0, 0.1) is 0 Å². The maximum atomic E-state index is 12.2. The Hall–Kier alpha value is -1.73. The Kier molecular flexibility index (Phi) is 7.62. The van der Waals surface area contributed by atoms with E-state index >= 15 is 0 Å². The molecule has 2 aliphatic rings. The van der Waals surface area contributed by atoms with Gasteiger partial charge in [-0.1, -0.05) is 6.92 Å². The minimum atomic E-state index is -4.90. The second kappa shape index (κ2) is 9.39. The van der Waals surface area contributed by atoms with Crippen LogP contribution < -0.4 is 10.0 Å². The quantitative estimate of drug-likeness (QED) is 0.539. The van der Waals surface area contributed by atoms with Gasteiger partial charge < -0.3 is 19.7 Å². The Morgan fingerprint density at radius 2 is 1.90 bits per heavy atom. The molecule has 0 spiro atoms. The number of hydroxylamine groups is 2. The van der Waals surface area contributed by atoms with Gasteiger partial charge >= 0.3 is 16.4 Å². The van der Waals surface area contributed by atoms with Gasteiger partial charge in [0.2, 0.25) is 0 Å². The molecule has 29 heavy (non-hydrogen) atoms. The summed E-state index contributed by atoms with van der Waals surface area (Å²) in [6, 6.07) is -1.31. The number of hydrogen-bond donors (Lipinski definition) is 2. The van der Waals surface area contributed by atoms with E-state index in [9.17, 15) is 23.1 Å². The minimum absolute atomic E-state index is 0.0557. The Labute approximate surface area is 174 Å². The van der Waals surface area contributed by atoms with Crippen LogP contribution in [-0.4, -0.2) is 61.1 Å². The van der Waals surface area contributed by atoms with E-state index in [-0.39, 0.29) is 6.54 Å². The zero-order chi connectivity index (χ0) is 21.9. The molecule has 2 N–H and O–H groups in total. The molecule has 0 aromatic carbocycles. The molecule has 164 valence electrons. The maximum Gasteiger partial charge on any atom is 0.418 e. The van der Waals surface area contributed by atoms with Gasteiger partial charge in [0, 0.05) is 9.75 Å². The minimum Gasteiger partial charge on any atom is -0.547 e. The second-order valence-corrected chi connectivity index (χ2v) is 8.87. The number of amides is 2. The summed E-state index contributed by atoms with van der Waals surface area (Å²) in [5.74, 6) is -1.45. The second-order valence-electron chi connectivity index (χ2n) is 6.70. The normalized spacial score (nSPS) is 20.6. The lowest BCUT2D eigenvalue weighted by molar-refractivity contribution is -0.894. The van der Waals surface area contributed by atoms with Crippen molar-refractivity contribution in [3.05, 3.63) is 21.4 Å². The fraction of sp³-hybridized carbons (Fsp3) is 0.647. The largest absolute Gasteiger partial charge is 0.547 e. The SMILES string of the molecule is CC[NH+](CC)CC.CCc1cc2c(s1)C(C(=O)[O-])N1CC2N(OS(=O)(=O)O)C1=O. The van der Waals surface area contributed by atoms with E-state index in [1.807, 2.05) is 6.92 Å². The number of carbonyl (C=O) groups is 2. The van der Waals surface area contributed by atoms with Gasteiger partial charge in [0.05, 0.1) is 32.1 Å². The highest BCUT2D eigenvalue weighted by atomic mass is 32.3. The number of rotatable bonds is 7. The van der Waals surface area contributed by atoms with Gasteiger partial charge in [-0.3, -0.25) is 4.55 Å². The zero-order valence-electron chi connectivity index (χ0n) is 16.9. The molecule has 2 amide bonds. The van der Waals surface area contributed by atoms with Gasteiger partial charge in [0.15, 0.2) is 0 Å². The number of fused-ring (bicyclic) bond motifs is 4. The predicted octanol–water partition coefficient (Wildman–Crippen LogP) is -0.441. The molecule has 10 nitrogen and oxygen atoms in total. The van der Waals surface area contributed by atoms with E-state index in [1.54, 1.807) is 11.0 Å². The molecule has 1 saturated heterocycles. The Balaban J connectivity index is 0.000000370. The van der Waals surface area contributed by atoms with Crippen molar-refractivity contribution in [1.82, 2.24) is 9.96 Å². The number of carboxylic acid groups (broad SMARTS) is 1. The van der Waals surface area contributed by atoms with Crippen molar-refractivity contribution in [2.45, 2.75) is 46.2 Å². The molecule has 3 heterocycles. The van der Waals surface area contributed by atoms with Crippen LogP contribution in [0.4, 0.5) is 4.79 Å². The number of quaternary nitrogens is 1. The lowest BCUT2D eigenvalue weighted by atomic mass is 9.99. The molecule has 0 radical (unpaired) electrons. The summed E-state index contributed by atoms with van der Waals surface area (Å²) >= 11 is 1.23. The van der Waals surface area contributed by atoms with Gasteiger partial charge in [-0.05, 0) is 38.8 Å². The van der Waals surface area contributed by atoms with Gasteiger partial charge in [-0.2, -0.15) is 13.5 Å². The van der Waals surface area contributed by atoms with Crippen LogP contribution in [0.3, 0.4) is 0 Å². The zero-order valence-corrected chi connectivity index (χ0v) is 18.5. The molecular weight excluding hydrogens is 422 g/mol. The number of urea groups is 1. The van der Waals surface area contributed by atoms with Crippen LogP contribution >= 0.6 is 11.3 Å². The fourth-order valence-corrected chi connectivity index (χ4v) is 5.10. The fourth-order valence-electron chi connectivity index (χ4n) is 3.47. The first-order chi connectivity index (χ1) is 13.6. The van der Waals surface area contributed by atoms with Gasteiger partial charge in [0.25, 0.3) is 0 Å². The number of hydrogen-bond acceptors (Lipinski definition) is 7. The van der Waals surface area contributed by atoms with Crippen LogP contribution in [0.15, 0.2) is 6.07 Å². The van der Waals surface area contributed by atoms with Crippen LogP contribution in [-0.2, 0) is 25.9 Å². The summed E-state index contributed by atoms with van der Waals surface area (Å²) in [6.45, 7) is 12.3. The van der Waals surface area contributed by atoms with Crippen LogP contribution in [0.5, 0.6) is 0 Å². The predicted molar refractivity (Wildman–Crippen MR) is 103 cm³/mol. The van der Waals surface area contributed by atoms with Gasteiger partial charge in [0.1, 0.15) is 12.1 Å². The molecule has 0 aliphatic carbocycles. The number of aliphatic carboxylic acids is 1. The third kappa shape index (κ3) is 5.07. The highest BCUT2D eigenvalue weighted by molar-refractivity contribution is 7.80. The van der Waals surface area contributed by atoms with Crippen molar-refractivity contribution in [3.63, 3.8) is 0 Å². The molecule has 1 aromatic rings. The van der Waals surface area contributed by atoms with E-state index in [2.05, 4.69) is 25.1 Å². The molecule has 2 atom stereocenters. The molecule has 1 aromatic heterocycles. The topological polar surface area (TPSA) is 132 Å². The van der Waals surface area contributed by atoms with E-state index in [0.29, 0.717) is 21.9 Å². The summed E-state index contributed by atoms with van der Waals surface area (Å²) < 4.78 is 34.9. The first kappa shape index (κ1) is 23.5. The summed E-state index contributed by atoms with van der Waals surface area (Å²) in [7, 11) is -4.90. The maximum absolute atomic E-state index is 12.2. The van der Waals surface area contributed by atoms with Crippen LogP contribution in [0.1, 0.15) is 55.1 Å². The average Bonchev–Trinajstić information content (AvgIpc) is 3.19. The van der Waals surface area contributed by atoms with Crippen molar-refractivity contribution in [2.75, 3.05) is 26.2 Å². The lowest BCUT2D eigenvalue weighted by Crippen LogP contribution is -3.11. The van der Waals surface area contributed by atoms with Crippen LogP contribution in [0.25, 0.3) is 0 Å². The van der Waals surface area contributed by atoms with Crippen molar-refractivity contribution in [3.8, 4) is 0 Å². The van der Waals surface area contributed by atoms with E-state index in [1.165, 1.54) is 31.0 Å². The number of carbonyl (C=O) groups excluding carboxylic acids is 2. The number of nitrogens with zero attached hydrogens (tertiary/aromatic N) is 2. The van der Waals surface area contributed by atoms with Crippen molar-refractivity contribution in [2.24, 2.45) is 0 Å². The number of thiophene rings is 1. The lowest BCUT2D eigenvalue weighted by Gasteiger charge is -2.30. The van der Waals surface area contributed by atoms with Gasteiger partial charge in [-0.15, -0.1) is 15.6 Å². The van der Waals surface area contributed by atoms with Crippen LogP contribution in [0.2, 0.25) is 0 Å². The van der Waals surface area contributed by atoms with Crippen molar-refractivity contribution < 1.29 is 36.8 Å². The monoisotopic (exact) mass is 449 g/mol. The van der Waals surface area contributed by atoms with Crippen molar-refractivity contribution in [1.29, 1.82) is 0 Å². The van der Waals surface area contributed by atoms with Gasteiger partial charge in [-0.25, -0.2) is 4.79 Å². The summed E-state index contributed by atoms with van der Waals surface area (Å²) in [6.07, 6.45) is 0.664. The highest BCUT2D eigenvalue weighted by Crippen LogP contribution is 2.47. The number of carboxylic acids is 1. The Morgan fingerprint density at radius 1 is 1.31 bits per heavy atom. The average molecular weight is 450 g/mol. The molecule has 12 heteroatoms. The molecule has 1 fully saturated rings. The van der Waals surface area contributed by atoms with Crippen molar-refractivity contribution >= 4 is 33.7 Å². The molecular formula is C17H27N3O7S2. The molecule has 2 unspecified atom stereocenters. The highest BCUT2D eigenvalue weighted by Gasteiger charge is 2.51. The molecule has 2 bridgehead atoms.